The van der Waals surface area contributed by atoms with Crippen LogP contribution in [0.15, 0.2) is 170 Å². The van der Waals surface area contributed by atoms with Crippen molar-refractivity contribution < 1.29 is 0 Å². The minimum absolute atomic E-state index is 0.625. The molecule has 0 bridgehead atoms. The molecule has 0 aliphatic carbocycles. The maximum absolute atomic E-state index is 5.53. The summed E-state index contributed by atoms with van der Waals surface area (Å²) in [6, 6.07) is 58.1. The van der Waals surface area contributed by atoms with E-state index in [4.69, 9.17) is 15.0 Å². The first-order valence-electron chi connectivity index (χ1n) is 17.4. The van der Waals surface area contributed by atoms with Gasteiger partial charge in [0.1, 0.15) is 11.2 Å². The molecule has 52 heavy (non-hydrogen) atoms. The van der Waals surface area contributed by atoms with Crippen LogP contribution in [0.3, 0.4) is 0 Å². The van der Waals surface area contributed by atoms with Crippen LogP contribution in [0.5, 0.6) is 0 Å². The van der Waals surface area contributed by atoms with Gasteiger partial charge in [-0.3, -0.25) is 9.55 Å². The van der Waals surface area contributed by atoms with Crippen molar-refractivity contribution in [2.45, 2.75) is 0 Å². The van der Waals surface area contributed by atoms with Crippen molar-refractivity contribution in [3.8, 4) is 39.5 Å². The summed E-state index contributed by atoms with van der Waals surface area (Å²) in [7, 11) is 0. The molecule has 7 aromatic carbocycles. The monoisotopic (exact) mass is 680 g/mol. The van der Waals surface area contributed by atoms with Crippen LogP contribution < -0.4 is 0 Å². The summed E-state index contributed by atoms with van der Waals surface area (Å²) in [6.45, 7) is 0. The Morgan fingerprint density at radius 1 is 0.462 bits per heavy atom. The number of benzene rings is 7. The Morgan fingerprint density at radius 2 is 1.08 bits per heavy atom. The average Bonchev–Trinajstić information content (AvgIpc) is 3.78. The average molecular weight is 681 g/mol. The molecule has 0 fully saturated rings. The van der Waals surface area contributed by atoms with Crippen molar-refractivity contribution in [2.24, 2.45) is 0 Å². The number of para-hydroxylation sites is 1. The van der Waals surface area contributed by atoms with Gasteiger partial charge in [-0.25, -0.2) is 9.97 Å². The maximum Gasteiger partial charge on any atom is 0.235 e. The topological polar surface area (TPSA) is 43.6 Å². The highest BCUT2D eigenvalue weighted by molar-refractivity contribution is 7.27. The molecule has 4 nitrogen and oxygen atoms in total. The van der Waals surface area contributed by atoms with Crippen LogP contribution in [0.1, 0.15) is 0 Å². The van der Waals surface area contributed by atoms with E-state index in [-0.39, 0.29) is 0 Å². The van der Waals surface area contributed by atoms with Crippen molar-refractivity contribution in [3.05, 3.63) is 170 Å². The Kier molecular flexibility index (Phi) is 6.39. The zero-order chi connectivity index (χ0) is 34.2. The van der Waals surface area contributed by atoms with Crippen molar-refractivity contribution in [3.63, 3.8) is 0 Å². The van der Waals surface area contributed by atoms with Crippen LogP contribution in [-0.2, 0) is 0 Å². The molecule has 11 rings (SSSR count). The van der Waals surface area contributed by atoms with E-state index >= 15 is 0 Å². The lowest BCUT2D eigenvalue weighted by atomic mass is 9.94. The predicted octanol–water partition coefficient (Wildman–Crippen LogP) is 12.6. The summed E-state index contributed by atoms with van der Waals surface area (Å²) in [6.07, 6.45) is 1.83. The number of hydrogen-bond donors (Lipinski definition) is 0. The van der Waals surface area contributed by atoms with Crippen molar-refractivity contribution in [2.75, 3.05) is 0 Å². The first-order chi connectivity index (χ1) is 25.8. The molecule has 0 atom stereocenters. The van der Waals surface area contributed by atoms with Gasteiger partial charge in [-0.2, -0.15) is 0 Å². The van der Waals surface area contributed by atoms with E-state index < -0.39 is 0 Å². The van der Waals surface area contributed by atoms with Crippen LogP contribution in [0.25, 0.3) is 103 Å². The molecule has 5 heteroatoms. The van der Waals surface area contributed by atoms with Gasteiger partial charge in [-0.15, -0.1) is 11.3 Å². The minimum Gasteiger partial charge on any atom is -0.277 e. The van der Waals surface area contributed by atoms with Gasteiger partial charge in [0.25, 0.3) is 0 Å². The number of thiophene rings is 1. The van der Waals surface area contributed by atoms with E-state index in [9.17, 15) is 0 Å². The van der Waals surface area contributed by atoms with Gasteiger partial charge in [0, 0.05) is 48.1 Å². The second-order valence-corrected chi connectivity index (χ2v) is 14.3. The molecule has 4 heterocycles. The zero-order valence-corrected chi connectivity index (χ0v) is 28.7. The predicted molar refractivity (Wildman–Crippen MR) is 218 cm³/mol. The Balaban J connectivity index is 1.29. The quantitative estimate of drug-likeness (QED) is 0.186. The zero-order valence-electron chi connectivity index (χ0n) is 27.9. The second kappa shape index (κ2) is 11.4. The Labute approximate surface area is 302 Å². The highest BCUT2D eigenvalue weighted by Gasteiger charge is 2.24. The number of rotatable bonds is 4. The molecule has 0 amide bonds. The number of fused-ring (bicyclic) bond motifs is 11. The summed E-state index contributed by atoms with van der Waals surface area (Å²) in [5.74, 6) is 0.625. The molecular weight excluding hydrogens is 653 g/mol. The third-order valence-corrected chi connectivity index (χ3v) is 11.4. The van der Waals surface area contributed by atoms with Crippen molar-refractivity contribution >= 4 is 75.1 Å². The first kappa shape index (κ1) is 29.1. The fourth-order valence-electron chi connectivity index (χ4n) is 7.94. The lowest BCUT2D eigenvalue weighted by Gasteiger charge is -2.14. The lowest BCUT2D eigenvalue weighted by Crippen LogP contribution is -2.04. The summed E-state index contributed by atoms with van der Waals surface area (Å²) >= 11 is 1.86. The molecular formula is C47H28N4S. The fourth-order valence-corrected chi connectivity index (χ4v) is 9.18. The second-order valence-electron chi connectivity index (χ2n) is 13.2. The van der Waals surface area contributed by atoms with Gasteiger partial charge in [0.15, 0.2) is 0 Å². The molecule has 0 unspecified atom stereocenters. The Hall–Kier alpha value is -6.69. The number of aromatic nitrogens is 4. The summed E-state index contributed by atoms with van der Waals surface area (Å²) < 4.78 is 4.84. The minimum atomic E-state index is 0.625. The molecule has 0 radical (unpaired) electrons. The van der Waals surface area contributed by atoms with Gasteiger partial charge in [0.05, 0.1) is 16.6 Å². The third kappa shape index (κ3) is 4.36. The van der Waals surface area contributed by atoms with Crippen molar-refractivity contribution in [1.29, 1.82) is 0 Å². The van der Waals surface area contributed by atoms with Gasteiger partial charge in [-0.05, 0) is 70.1 Å². The smallest absolute Gasteiger partial charge is 0.235 e. The van der Waals surface area contributed by atoms with Crippen LogP contribution in [0, 0.1) is 0 Å². The molecule has 4 aromatic heterocycles. The van der Waals surface area contributed by atoms with E-state index in [1.165, 1.54) is 41.7 Å². The molecule has 242 valence electrons. The largest absolute Gasteiger partial charge is 0.277 e. The SMILES string of the molecule is c1ccc(-c2cc(-c3ccccc3)cc(-c3nc(-n4c5ccccc5c5c6ccccc6c6sc7ccccc7c6c54)nc4cccnc34)c2)cc1. The van der Waals surface area contributed by atoms with Gasteiger partial charge < -0.3 is 0 Å². The van der Waals surface area contributed by atoms with Crippen LogP contribution >= 0.6 is 11.3 Å². The van der Waals surface area contributed by atoms with Crippen LogP contribution in [0.4, 0.5) is 0 Å². The fraction of sp³-hybridized carbons (Fsp3) is 0. The molecule has 0 saturated carbocycles. The van der Waals surface area contributed by atoms with E-state index in [0.717, 1.165) is 55.6 Å². The van der Waals surface area contributed by atoms with E-state index in [1.807, 2.05) is 23.6 Å². The number of pyridine rings is 1. The van der Waals surface area contributed by atoms with E-state index in [2.05, 4.69) is 162 Å². The first-order valence-corrected chi connectivity index (χ1v) is 18.3. The standard InChI is InChI=1S/C47H28N4S/c1-3-14-29(15-4-1)31-26-32(30-16-5-2-6-17-30)28-33(27-31)43-44-38(22-13-25-48-44)49-47(50-43)51-39-23-11-9-20-36(39)41-34-18-7-8-19-35(34)46-42(45(41)51)37-21-10-12-24-40(37)52-46/h1-28H. The van der Waals surface area contributed by atoms with Crippen LogP contribution in [0.2, 0.25) is 0 Å². The van der Waals surface area contributed by atoms with Gasteiger partial charge in [-0.1, -0.05) is 121 Å². The highest BCUT2D eigenvalue weighted by Crippen LogP contribution is 2.47. The lowest BCUT2D eigenvalue weighted by molar-refractivity contribution is 1.01. The molecule has 0 spiro atoms. The van der Waals surface area contributed by atoms with Gasteiger partial charge >= 0.3 is 0 Å². The van der Waals surface area contributed by atoms with E-state index in [1.54, 1.807) is 0 Å². The normalized spacial score (nSPS) is 11.8. The Bertz CT molecular complexity index is 3120. The van der Waals surface area contributed by atoms with Crippen LogP contribution in [-0.4, -0.2) is 19.5 Å². The van der Waals surface area contributed by atoms with E-state index in [0.29, 0.717) is 5.95 Å². The molecule has 0 N–H and O–H groups in total. The van der Waals surface area contributed by atoms with Gasteiger partial charge in [0.2, 0.25) is 5.95 Å². The summed E-state index contributed by atoms with van der Waals surface area (Å²) in [5, 5.41) is 7.38. The molecule has 0 aliphatic rings. The maximum atomic E-state index is 5.53. The summed E-state index contributed by atoms with van der Waals surface area (Å²) in [4.78, 5) is 15.7. The Morgan fingerprint density at radius 3 is 1.83 bits per heavy atom. The summed E-state index contributed by atoms with van der Waals surface area (Å²) in [5.41, 5.74) is 10.1. The molecule has 0 aliphatic heterocycles. The molecule has 0 saturated heterocycles. The third-order valence-electron chi connectivity index (χ3n) is 10.2. The number of nitrogens with zero attached hydrogens (tertiary/aromatic N) is 4. The van der Waals surface area contributed by atoms with Crippen molar-refractivity contribution in [1.82, 2.24) is 19.5 Å². The highest BCUT2D eigenvalue weighted by atomic mass is 32.1. The molecule has 11 aromatic rings. The number of hydrogen-bond acceptors (Lipinski definition) is 4.